The van der Waals surface area contributed by atoms with Gasteiger partial charge in [-0.15, -0.1) is 0 Å². The van der Waals surface area contributed by atoms with Crippen LogP contribution in [0, 0.1) is 5.82 Å². The van der Waals surface area contributed by atoms with Crippen molar-refractivity contribution in [3.63, 3.8) is 0 Å². The van der Waals surface area contributed by atoms with E-state index in [0.717, 1.165) is 30.0 Å². The van der Waals surface area contributed by atoms with Crippen LogP contribution in [0.4, 0.5) is 9.18 Å². The van der Waals surface area contributed by atoms with Gasteiger partial charge in [0.2, 0.25) is 10.0 Å². The highest BCUT2D eigenvalue weighted by molar-refractivity contribution is 7.89. The Morgan fingerprint density at radius 2 is 1.46 bits per heavy atom. The van der Waals surface area contributed by atoms with Gasteiger partial charge in [0.25, 0.3) is 0 Å². The summed E-state index contributed by atoms with van der Waals surface area (Å²) in [7, 11) is 0.669. The van der Waals surface area contributed by atoms with Crippen LogP contribution in [-0.4, -0.2) is 63.3 Å². The van der Waals surface area contributed by atoms with Crippen molar-refractivity contribution in [3.05, 3.63) is 120 Å². The minimum atomic E-state index is -3.86. The number of methoxy groups -OCH3 is 2. The van der Waals surface area contributed by atoms with E-state index in [-0.39, 0.29) is 10.6 Å². The number of pyridine rings is 1. The summed E-state index contributed by atoms with van der Waals surface area (Å²) in [6.45, 7) is 0.782. The Morgan fingerprint density at radius 3 is 2.06 bits per heavy atom. The lowest BCUT2D eigenvalue weighted by molar-refractivity contribution is 0.194. The van der Waals surface area contributed by atoms with Crippen molar-refractivity contribution in [2.75, 3.05) is 34.4 Å². The summed E-state index contributed by atoms with van der Waals surface area (Å²) in [6.07, 6.45) is 2.70. The number of nitrogens with zero attached hydrogens (tertiary/aromatic N) is 2. The van der Waals surface area contributed by atoms with E-state index in [2.05, 4.69) is 10.3 Å². The molecule has 5 rings (SSSR count). The average Bonchev–Trinajstić information content (AvgIpc) is 3.09. The molecule has 12 heteroatoms. The molecule has 0 saturated heterocycles. The summed E-state index contributed by atoms with van der Waals surface area (Å²) in [4.78, 5) is 14.2. The maximum atomic E-state index is 15.0. The van der Waals surface area contributed by atoms with Crippen LogP contribution in [0.3, 0.4) is 0 Å². The van der Waals surface area contributed by atoms with Gasteiger partial charge in [-0.1, -0.05) is 60.7 Å². The summed E-state index contributed by atoms with van der Waals surface area (Å²) >= 11 is 0. The first-order valence-electron chi connectivity index (χ1n) is 15.1. The zero-order valence-corrected chi connectivity index (χ0v) is 27.7. The number of sulfonamides is 1. The molecule has 4 aromatic carbocycles. The van der Waals surface area contributed by atoms with E-state index in [1.54, 1.807) is 18.2 Å². The van der Waals surface area contributed by atoms with Gasteiger partial charge in [0.1, 0.15) is 5.75 Å². The summed E-state index contributed by atoms with van der Waals surface area (Å²) in [5, 5.41) is 11.2. The molecule has 0 aliphatic rings. The quantitative estimate of drug-likeness (QED) is 0.138. The number of aromatic nitrogens is 1. The Kier molecular flexibility index (Phi) is 12.7. The molecule has 48 heavy (non-hydrogen) atoms. The third-order valence-electron chi connectivity index (χ3n) is 7.35. The van der Waals surface area contributed by atoms with E-state index in [1.165, 1.54) is 43.9 Å². The Morgan fingerprint density at radius 1 is 0.833 bits per heavy atom. The second-order valence-corrected chi connectivity index (χ2v) is 12.7. The van der Waals surface area contributed by atoms with Gasteiger partial charge in [-0.05, 0) is 60.7 Å². The number of aryl methyl sites for hydroxylation is 1. The number of nitrogens with one attached hydrogen (secondary N) is 1. The molecule has 0 unspecified atom stereocenters. The molecule has 0 bridgehead atoms. The molecule has 252 valence electrons. The van der Waals surface area contributed by atoms with Crippen molar-refractivity contribution in [1.82, 2.24) is 14.6 Å². The number of ether oxygens (including phenoxy) is 3. The highest BCUT2D eigenvalue weighted by Crippen LogP contribution is 2.37. The zero-order valence-electron chi connectivity index (χ0n) is 26.9. The number of fused-ring (bicyclic) bond motifs is 1. The van der Waals surface area contributed by atoms with Crippen LogP contribution in [0.15, 0.2) is 108 Å². The fourth-order valence-corrected chi connectivity index (χ4v) is 6.01. The van der Waals surface area contributed by atoms with E-state index in [1.807, 2.05) is 60.7 Å². The van der Waals surface area contributed by atoms with Gasteiger partial charge >= 0.3 is 6.09 Å². The van der Waals surface area contributed by atoms with E-state index >= 15 is 0 Å². The molecule has 0 atom stereocenters. The van der Waals surface area contributed by atoms with Crippen molar-refractivity contribution in [2.24, 2.45) is 0 Å². The summed E-state index contributed by atoms with van der Waals surface area (Å²) in [5.74, 6) is 0.416. The first-order valence-corrected chi connectivity index (χ1v) is 16.6. The van der Waals surface area contributed by atoms with Crippen molar-refractivity contribution in [3.8, 4) is 23.0 Å². The predicted octanol–water partition coefficient (Wildman–Crippen LogP) is 6.93. The minimum Gasteiger partial charge on any atom is -0.493 e. The minimum absolute atomic E-state index is 0.108. The normalized spacial score (nSPS) is 11.0. The van der Waals surface area contributed by atoms with Crippen LogP contribution in [0.5, 0.6) is 23.0 Å². The number of benzene rings is 4. The Labute approximate surface area is 279 Å². The summed E-state index contributed by atoms with van der Waals surface area (Å²) < 4.78 is 58.7. The predicted molar refractivity (Wildman–Crippen MR) is 182 cm³/mol. The lowest BCUT2D eigenvalue weighted by atomic mass is 10.1. The maximum absolute atomic E-state index is 15.0. The van der Waals surface area contributed by atoms with Gasteiger partial charge < -0.3 is 24.6 Å². The number of carbonyl (C=O) groups is 1. The maximum Gasteiger partial charge on any atom is 0.404 e. The molecule has 0 aliphatic carbocycles. The molecule has 0 fully saturated rings. The largest absolute Gasteiger partial charge is 0.493 e. The lowest BCUT2D eigenvalue weighted by Crippen LogP contribution is -2.28. The highest BCUT2D eigenvalue weighted by Gasteiger charge is 2.22. The van der Waals surface area contributed by atoms with Crippen LogP contribution in [0.1, 0.15) is 17.5 Å². The molecule has 1 heterocycles. The van der Waals surface area contributed by atoms with Gasteiger partial charge in [0.15, 0.2) is 23.1 Å². The van der Waals surface area contributed by atoms with Gasteiger partial charge in [0, 0.05) is 37.8 Å². The number of rotatable bonds is 13. The first kappa shape index (κ1) is 35.7. The first-order chi connectivity index (χ1) is 23.1. The molecule has 2 N–H and O–H groups in total. The van der Waals surface area contributed by atoms with Gasteiger partial charge in [-0.3, -0.25) is 4.98 Å². The SMILES string of the molecule is COc1cc2nccc(Oc3ccc(S(=O)(=O)N(C)CCCc4ccccc4)cc3F)c2cc1OC.O=C(O)NCCc1ccccc1. The van der Waals surface area contributed by atoms with Crippen molar-refractivity contribution >= 4 is 27.0 Å². The van der Waals surface area contributed by atoms with E-state index in [4.69, 9.17) is 19.3 Å². The third-order valence-corrected chi connectivity index (χ3v) is 9.21. The van der Waals surface area contributed by atoms with Crippen LogP contribution in [0.25, 0.3) is 10.9 Å². The Hall–Kier alpha value is -5.20. The van der Waals surface area contributed by atoms with Gasteiger partial charge in [-0.2, -0.15) is 0 Å². The van der Waals surface area contributed by atoms with Crippen molar-refractivity contribution < 1.29 is 36.9 Å². The fraction of sp³-hybridized carbons (Fsp3) is 0.222. The third kappa shape index (κ3) is 9.66. The number of amides is 1. The van der Waals surface area contributed by atoms with Crippen LogP contribution in [0.2, 0.25) is 0 Å². The van der Waals surface area contributed by atoms with Gasteiger partial charge in [0.05, 0.1) is 24.6 Å². The van der Waals surface area contributed by atoms with Crippen LogP contribution < -0.4 is 19.5 Å². The molecule has 0 spiro atoms. The smallest absolute Gasteiger partial charge is 0.404 e. The molecule has 5 aromatic rings. The molecule has 0 saturated carbocycles. The van der Waals surface area contributed by atoms with E-state index < -0.39 is 21.9 Å². The van der Waals surface area contributed by atoms with Crippen LogP contribution in [-0.2, 0) is 22.9 Å². The second kappa shape index (κ2) is 17.1. The topological polar surface area (TPSA) is 127 Å². The molecular weight excluding hydrogens is 637 g/mol. The average molecular weight is 676 g/mol. The summed E-state index contributed by atoms with van der Waals surface area (Å²) in [5.41, 5.74) is 2.85. The molecule has 0 aliphatic heterocycles. The lowest BCUT2D eigenvalue weighted by Gasteiger charge is -2.18. The molecular formula is C36H38FN3O7S. The molecule has 1 aromatic heterocycles. The number of carboxylic acid groups (broad SMARTS) is 1. The number of hydrogen-bond donors (Lipinski definition) is 2. The van der Waals surface area contributed by atoms with E-state index in [0.29, 0.717) is 47.7 Å². The highest BCUT2D eigenvalue weighted by atomic mass is 32.2. The van der Waals surface area contributed by atoms with Crippen molar-refractivity contribution in [1.29, 1.82) is 0 Å². The number of halogens is 1. The standard InChI is InChI=1S/C27H27FN2O5S.C9H11NO2/c1-30(15-7-10-19-8-5-4-6-9-19)36(31,32)20-11-12-25(22(28)16-20)35-24-13-14-29-23-18-27(34-3)26(33-2)17-21(23)24;11-9(12)10-7-6-8-4-2-1-3-5-8/h4-6,8-9,11-14,16-18H,7,10,15H2,1-3H3;1-5,10H,6-7H2,(H,11,12). The second-order valence-electron chi connectivity index (χ2n) is 10.6. The molecule has 10 nitrogen and oxygen atoms in total. The summed E-state index contributed by atoms with van der Waals surface area (Å²) in [6, 6.07) is 28.2. The van der Waals surface area contributed by atoms with Crippen molar-refractivity contribution in [2.45, 2.75) is 24.2 Å². The fourth-order valence-electron chi connectivity index (χ4n) is 4.79. The Balaban J connectivity index is 0.000000365. The zero-order chi connectivity index (χ0) is 34.5. The molecule has 1 amide bonds. The Bertz CT molecular complexity index is 1910. The van der Waals surface area contributed by atoms with Gasteiger partial charge in [-0.25, -0.2) is 21.9 Å². The van der Waals surface area contributed by atoms with Crippen LogP contribution >= 0.6 is 0 Å². The monoisotopic (exact) mass is 675 g/mol. The van der Waals surface area contributed by atoms with E-state index in [9.17, 15) is 17.6 Å². The number of hydrogen-bond acceptors (Lipinski definition) is 7. The molecule has 0 radical (unpaired) electrons.